The molecule has 0 aromatic heterocycles. The molecule has 4 nitrogen and oxygen atoms in total. The van der Waals surface area contributed by atoms with Gasteiger partial charge in [0.1, 0.15) is 16.5 Å². The number of nitrogens with two attached hydrogens (primary N) is 1. The van der Waals surface area contributed by atoms with Gasteiger partial charge < -0.3 is 5.73 Å². The van der Waals surface area contributed by atoms with E-state index < -0.39 is 32.2 Å². The topological polar surface area (TPSA) is 72.2 Å². The number of nitrogens with one attached hydrogen (secondary N) is 1. The fraction of sp³-hybridized carbons (Fsp3) is 0. The standard InChI is InChI=1S/C12H8BrClF2N2O2S/c13-12-6(14)2-1-3-10(12)18-21(19,20)11-5-9(17)7(15)4-8(11)16/h1-5,18H,17H2. The van der Waals surface area contributed by atoms with Gasteiger partial charge in [-0.2, -0.15) is 0 Å². The molecule has 9 heteroatoms. The SMILES string of the molecule is Nc1cc(S(=O)(=O)Nc2cccc(Cl)c2Br)c(F)cc1F. The zero-order valence-electron chi connectivity index (χ0n) is 10.2. The Morgan fingerprint density at radius 3 is 2.52 bits per heavy atom. The molecule has 0 radical (unpaired) electrons. The van der Waals surface area contributed by atoms with Crippen molar-refractivity contribution in [3.05, 3.63) is 51.5 Å². The van der Waals surface area contributed by atoms with E-state index in [1.807, 2.05) is 0 Å². The second kappa shape index (κ2) is 5.78. The molecular weight excluding hydrogens is 390 g/mol. The van der Waals surface area contributed by atoms with Gasteiger partial charge in [0.15, 0.2) is 0 Å². The lowest BCUT2D eigenvalue weighted by Crippen LogP contribution is -2.15. The molecule has 0 amide bonds. The molecule has 0 heterocycles. The number of anilines is 2. The summed E-state index contributed by atoms with van der Waals surface area (Å²) in [5.74, 6) is -2.28. The summed E-state index contributed by atoms with van der Waals surface area (Å²) in [7, 11) is -4.28. The van der Waals surface area contributed by atoms with Crippen molar-refractivity contribution in [3.8, 4) is 0 Å². The summed E-state index contributed by atoms with van der Waals surface area (Å²) in [6.07, 6.45) is 0. The fourth-order valence-electron chi connectivity index (χ4n) is 1.53. The Morgan fingerprint density at radius 2 is 1.86 bits per heavy atom. The van der Waals surface area contributed by atoms with Crippen LogP contribution >= 0.6 is 27.5 Å². The predicted molar refractivity (Wildman–Crippen MR) is 80.7 cm³/mol. The summed E-state index contributed by atoms with van der Waals surface area (Å²) >= 11 is 8.95. The maximum Gasteiger partial charge on any atom is 0.264 e. The summed E-state index contributed by atoms with van der Waals surface area (Å²) in [5.41, 5.74) is 4.91. The van der Waals surface area contributed by atoms with E-state index in [1.54, 1.807) is 6.07 Å². The highest BCUT2D eigenvalue weighted by Crippen LogP contribution is 2.32. The Labute approximate surface area is 133 Å². The second-order valence-electron chi connectivity index (χ2n) is 4.01. The van der Waals surface area contributed by atoms with Crippen molar-refractivity contribution in [2.24, 2.45) is 0 Å². The van der Waals surface area contributed by atoms with Crippen molar-refractivity contribution in [2.75, 3.05) is 10.5 Å². The van der Waals surface area contributed by atoms with Crippen molar-refractivity contribution in [2.45, 2.75) is 4.90 Å². The van der Waals surface area contributed by atoms with Crippen LogP contribution in [0.1, 0.15) is 0 Å². The van der Waals surface area contributed by atoms with Gasteiger partial charge in [0, 0.05) is 6.07 Å². The minimum atomic E-state index is -4.28. The first-order valence-electron chi connectivity index (χ1n) is 5.43. The highest BCUT2D eigenvalue weighted by atomic mass is 79.9. The molecule has 3 N–H and O–H groups in total. The Kier molecular flexibility index (Phi) is 4.40. The van der Waals surface area contributed by atoms with Gasteiger partial charge in [0.05, 0.1) is 20.9 Å². The molecule has 0 aliphatic carbocycles. The molecule has 0 aliphatic rings. The number of rotatable bonds is 3. The van der Waals surface area contributed by atoms with Crippen LogP contribution in [0.5, 0.6) is 0 Å². The lowest BCUT2D eigenvalue weighted by molar-refractivity contribution is 0.553. The molecule has 2 rings (SSSR count). The molecule has 0 unspecified atom stereocenters. The first-order chi connectivity index (χ1) is 9.72. The molecule has 0 saturated heterocycles. The van der Waals surface area contributed by atoms with Gasteiger partial charge in [0.25, 0.3) is 10.0 Å². The first-order valence-corrected chi connectivity index (χ1v) is 8.09. The van der Waals surface area contributed by atoms with Crippen LogP contribution in [0.25, 0.3) is 0 Å². The average molecular weight is 398 g/mol. The van der Waals surface area contributed by atoms with Gasteiger partial charge in [-0.1, -0.05) is 17.7 Å². The third kappa shape index (κ3) is 3.28. The number of hydrogen-bond donors (Lipinski definition) is 2. The first kappa shape index (κ1) is 16.0. The Bertz CT molecular complexity index is 815. The fourth-order valence-corrected chi connectivity index (χ4v) is 3.37. The smallest absolute Gasteiger partial charge is 0.264 e. The Morgan fingerprint density at radius 1 is 1.19 bits per heavy atom. The highest BCUT2D eigenvalue weighted by Gasteiger charge is 2.22. The maximum atomic E-state index is 13.7. The van der Waals surface area contributed by atoms with Gasteiger partial charge in [0.2, 0.25) is 0 Å². The van der Waals surface area contributed by atoms with Crippen LogP contribution in [-0.2, 0) is 10.0 Å². The molecule has 0 atom stereocenters. The monoisotopic (exact) mass is 396 g/mol. The summed E-state index contributed by atoms with van der Waals surface area (Å²) in [4.78, 5) is -0.756. The number of halogens is 4. The van der Waals surface area contributed by atoms with Crippen molar-refractivity contribution >= 4 is 48.9 Å². The summed E-state index contributed by atoms with van der Waals surface area (Å²) in [6.45, 7) is 0. The molecule has 2 aromatic carbocycles. The van der Waals surface area contributed by atoms with Gasteiger partial charge in [-0.25, -0.2) is 17.2 Å². The molecule has 0 bridgehead atoms. The van der Waals surface area contributed by atoms with Crippen LogP contribution in [-0.4, -0.2) is 8.42 Å². The van der Waals surface area contributed by atoms with E-state index in [-0.39, 0.29) is 10.7 Å². The summed E-state index contributed by atoms with van der Waals surface area (Å²) < 4.78 is 53.5. The normalized spacial score (nSPS) is 11.4. The Hall–Kier alpha value is -1.38. The number of sulfonamides is 1. The minimum absolute atomic E-state index is 0.116. The molecule has 0 saturated carbocycles. The number of nitrogen functional groups attached to an aromatic ring is 1. The van der Waals surface area contributed by atoms with Crippen LogP contribution in [0.3, 0.4) is 0 Å². The van der Waals surface area contributed by atoms with Crippen LogP contribution in [0.15, 0.2) is 39.7 Å². The van der Waals surface area contributed by atoms with Gasteiger partial charge in [-0.3, -0.25) is 4.72 Å². The lowest BCUT2D eigenvalue weighted by atomic mass is 10.3. The lowest BCUT2D eigenvalue weighted by Gasteiger charge is -2.12. The Balaban J connectivity index is 2.48. The van der Waals surface area contributed by atoms with Crippen molar-refractivity contribution in [1.29, 1.82) is 0 Å². The third-order valence-corrected chi connectivity index (χ3v) is 5.31. The molecule has 0 fully saturated rings. The van der Waals surface area contributed by atoms with E-state index in [1.165, 1.54) is 12.1 Å². The zero-order valence-corrected chi connectivity index (χ0v) is 13.4. The van der Waals surface area contributed by atoms with Crippen LogP contribution in [0.2, 0.25) is 5.02 Å². The summed E-state index contributed by atoms with van der Waals surface area (Å²) in [5, 5.41) is 0.272. The number of hydrogen-bond acceptors (Lipinski definition) is 3. The van der Waals surface area contributed by atoms with E-state index in [4.69, 9.17) is 17.3 Å². The van der Waals surface area contributed by atoms with Crippen molar-refractivity contribution < 1.29 is 17.2 Å². The van der Waals surface area contributed by atoms with Crippen molar-refractivity contribution in [1.82, 2.24) is 0 Å². The molecular formula is C12H8BrClF2N2O2S. The van der Waals surface area contributed by atoms with E-state index in [2.05, 4.69) is 20.7 Å². The summed E-state index contributed by atoms with van der Waals surface area (Å²) in [6, 6.07) is 5.61. The van der Waals surface area contributed by atoms with E-state index >= 15 is 0 Å². The van der Waals surface area contributed by atoms with E-state index in [0.717, 1.165) is 0 Å². The van der Waals surface area contributed by atoms with Gasteiger partial charge in [-0.05, 0) is 34.1 Å². The number of benzene rings is 2. The van der Waals surface area contributed by atoms with Crippen LogP contribution in [0.4, 0.5) is 20.2 Å². The minimum Gasteiger partial charge on any atom is -0.396 e. The molecule has 0 aliphatic heterocycles. The average Bonchev–Trinajstić information content (AvgIpc) is 2.39. The highest BCUT2D eigenvalue weighted by molar-refractivity contribution is 9.10. The van der Waals surface area contributed by atoms with Gasteiger partial charge in [-0.15, -0.1) is 0 Å². The quantitative estimate of drug-likeness (QED) is 0.775. The predicted octanol–water partition coefficient (Wildman–Crippen LogP) is 3.76. The maximum absolute atomic E-state index is 13.7. The third-order valence-electron chi connectivity index (χ3n) is 2.54. The van der Waals surface area contributed by atoms with Crippen LogP contribution in [0, 0.1) is 11.6 Å². The van der Waals surface area contributed by atoms with Gasteiger partial charge >= 0.3 is 0 Å². The molecule has 2 aromatic rings. The molecule has 112 valence electrons. The molecule has 0 spiro atoms. The van der Waals surface area contributed by atoms with E-state index in [0.29, 0.717) is 16.6 Å². The zero-order chi connectivity index (χ0) is 15.8. The van der Waals surface area contributed by atoms with Crippen LogP contribution < -0.4 is 10.5 Å². The largest absolute Gasteiger partial charge is 0.396 e. The molecule has 21 heavy (non-hydrogen) atoms. The second-order valence-corrected chi connectivity index (χ2v) is 6.86. The van der Waals surface area contributed by atoms with E-state index in [9.17, 15) is 17.2 Å². The van der Waals surface area contributed by atoms with Crippen molar-refractivity contribution in [3.63, 3.8) is 0 Å².